The van der Waals surface area contributed by atoms with Crippen molar-refractivity contribution >= 4 is 21.8 Å². The molecule has 2 rings (SSSR count). The monoisotopic (exact) mass is 311 g/mol. The maximum atomic E-state index is 12.0. The standard InChI is InChI=1S/C14H18BrNO2/c1-10(11-5-7-12(15)8-6-11)16-14(17)13-4-2-3-9-18-13/h5-8,10,13H,2-4,9H2,1H3,(H,16,17). The van der Waals surface area contributed by atoms with Gasteiger partial charge in [0, 0.05) is 11.1 Å². The SMILES string of the molecule is CC(NC(=O)C1CCCCO1)c1ccc(Br)cc1. The summed E-state index contributed by atoms with van der Waals surface area (Å²) in [5.74, 6) is 0.00474. The van der Waals surface area contributed by atoms with Gasteiger partial charge in [-0.1, -0.05) is 28.1 Å². The van der Waals surface area contributed by atoms with Crippen LogP contribution >= 0.6 is 15.9 Å². The lowest BCUT2D eigenvalue weighted by molar-refractivity contribution is -0.136. The predicted octanol–water partition coefficient (Wildman–Crippen LogP) is 3.20. The van der Waals surface area contributed by atoms with E-state index in [1.807, 2.05) is 31.2 Å². The Morgan fingerprint density at radius 2 is 2.11 bits per heavy atom. The molecule has 0 bridgehead atoms. The van der Waals surface area contributed by atoms with Gasteiger partial charge < -0.3 is 10.1 Å². The van der Waals surface area contributed by atoms with Gasteiger partial charge in [-0.2, -0.15) is 0 Å². The molecule has 98 valence electrons. The van der Waals surface area contributed by atoms with Crippen LogP contribution in [0.2, 0.25) is 0 Å². The van der Waals surface area contributed by atoms with Gasteiger partial charge in [-0.15, -0.1) is 0 Å². The molecule has 0 saturated carbocycles. The Kier molecular flexibility index (Phi) is 4.78. The average Bonchev–Trinajstić information content (AvgIpc) is 2.40. The van der Waals surface area contributed by atoms with E-state index in [9.17, 15) is 4.79 Å². The topological polar surface area (TPSA) is 38.3 Å². The molecule has 0 aromatic heterocycles. The highest BCUT2D eigenvalue weighted by Gasteiger charge is 2.23. The van der Waals surface area contributed by atoms with E-state index in [1.165, 1.54) is 0 Å². The molecule has 1 aliphatic heterocycles. The summed E-state index contributed by atoms with van der Waals surface area (Å²) in [7, 11) is 0. The Labute approximate surface area is 116 Å². The number of rotatable bonds is 3. The first kappa shape index (κ1) is 13.6. The van der Waals surface area contributed by atoms with E-state index in [2.05, 4.69) is 21.2 Å². The summed E-state index contributed by atoms with van der Waals surface area (Å²) in [6.07, 6.45) is 2.70. The minimum Gasteiger partial charge on any atom is -0.368 e. The molecule has 2 unspecified atom stereocenters. The van der Waals surface area contributed by atoms with Gasteiger partial charge in [0.25, 0.3) is 0 Å². The Hall–Kier alpha value is -0.870. The van der Waals surface area contributed by atoms with E-state index in [0.717, 1.165) is 29.3 Å². The fraction of sp³-hybridized carbons (Fsp3) is 0.500. The van der Waals surface area contributed by atoms with Crippen LogP contribution in [0.4, 0.5) is 0 Å². The molecule has 1 heterocycles. The van der Waals surface area contributed by atoms with E-state index in [4.69, 9.17) is 4.74 Å². The zero-order valence-electron chi connectivity index (χ0n) is 10.5. The Morgan fingerprint density at radius 1 is 1.39 bits per heavy atom. The van der Waals surface area contributed by atoms with Gasteiger partial charge in [0.2, 0.25) is 5.91 Å². The van der Waals surface area contributed by atoms with Crippen molar-refractivity contribution in [1.29, 1.82) is 0 Å². The predicted molar refractivity (Wildman–Crippen MR) is 74.3 cm³/mol. The third kappa shape index (κ3) is 3.56. The summed E-state index contributed by atoms with van der Waals surface area (Å²) in [5.41, 5.74) is 1.10. The number of hydrogen-bond acceptors (Lipinski definition) is 2. The molecule has 18 heavy (non-hydrogen) atoms. The maximum Gasteiger partial charge on any atom is 0.249 e. The lowest BCUT2D eigenvalue weighted by Gasteiger charge is -2.24. The Bertz CT molecular complexity index is 399. The van der Waals surface area contributed by atoms with Gasteiger partial charge in [-0.05, 0) is 43.9 Å². The van der Waals surface area contributed by atoms with Crippen LogP contribution < -0.4 is 5.32 Å². The smallest absolute Gasteiger partial charge is 0.249 e. The van der Waals surface area contributed by atoms with Crippen molar-refractivity contribution in [2.45, 2.75) is 38.3 Å². The van der Waals surface area contributed by atoms with Crippen LogP contribution in [0, 0.1) is 0 Å². The molecular formula is C14H18BrNO2. The van der Waals surface area contributed by atoms with Crippen LogP contribution in [0.1, 0.15) is 37.8 Å². The van der Waals surface area contributed by atoms with Gasteiger partial charge in [0.1, 0.15) is 6.10 Å². The van der Waals surface area contributed by atoms with Crippen molar-refractivity contribution in [1.82, 2.24) is 5.32 Å². The van der Waals surface area contributed by atoms with Crippen molar-refractivity contribution in [2.75, 3.05) is 6.61 Å². The molecule has 1 aliphatic rings. The average molecular weight is 312 g/mol. The van der Waals surface area contributed by atoms with Crippen LogP contribution in [0.3, 0.4) is 0 Å². The number of carbonyl (C=O) groups excluding carboxylic acids is 1. The molecule has 3 nitrogen and oxygen atoms in total. The van der Waals surface area contributed by atoms with E-state index < -0.39 is 0 Å². The van der Waals surface area contributed by atoms with E-state index in [0.29, 0.717) is 6.61 Å². The Morgan fingerprint density at radius 3 is 2.72 bits per heavy atom. The summed E-state index contributed by atoms with van der Waals surface area (Å²) in [4.78, 5) is 12.0. The zero-order chi connectivity index (χ0) is 13.0. The Balaban J connectivity index is 1.91. The maximum absolute atomic E-state index is 12.0. The second-order valence-electron chi connectivity index (χ2n) is 4.64. The number of nitrogens with one attached hydrogen (secondary N) is 1. The van der Waals surface area contributed by atoms with Gasteiger partial charge in [-0.3, -0.25) is 4.79 Å². The highest BCUT2D eigenvalue weighted by atomic mass is 79.9. The molecule has 0 spiro atoms. The molecule has 4 heteroatoms. The molecule has 1 amide bonds. The van der Waals surface area contributed by atoms with E-state index in [1.54, 1.807) is 0 Å². The first-order valence-corrected chi connectivity index (χ1v) is 7.13. The van der Waals surface area contributed by atoms with Crippen molar-refractivity contribution < 1.29 is 9.53 Å². The second-order valence-corrected chi connectivity index (χ2v) is 5.55. The van der Waals surface area contributed by atoms with Gasteiger partial charge in [-0.25, -0.2) is 0 Å². The fourth-order valence-corrected chi connectivity index (χ4v) is 2.35. The van der Waals surface area contributed by atoms with Gasteiger partial charge in [0.15, 0.2) is 0 Å². The molecule has 1 saturated heterocycles. The minimum absolute atomic E-state index is 0.00474. The summed E-state index contributed by atoms with van der Waals surface area (Å²) in [6, 6.07) is 7.99. The van der Waals surface area contributed by atoms with E-state index >= 15 is 0 Å². The molecule has 1 N–H and O–H groups in total. The van der Waals surface area contributed by atoms with Crippen molar-refractivity contribution in [3.63, 3.8) is 0 Å². The quantitative estimate of drug-likeness (QED) is 0.931. The third-order valence-electron chi connectivity index (χ3n) is 3.20. The molecule has 0 aliphatic carbocycles. The lowest BCUT2D eigenvalue weighted by atomic mass is 10.1. The highest BCUT2D eigenvalue weighted by Crippen LogP contribution is 2.18. The molecule has 2 atom stereocenters. The van der Waals surface area contributed by atoms with Crippen molar-refractivity contribution in [2.24, 2.45) is 0 Å². The first-order chi connectivity index (χ1) is 8.66. The number of halogens is 1. The molecule has 1 fully saturated rings. The number of hydrogen-bond donors (Lipinski definition) is 1. The highest BCUT2D eigenvalue weighted by molar-refractivity contribution is 9.10. The largest absolute Gasteiger partial charge is 0.368 e. The minimum atomic E-state index is -0.267. The molecular weight excluding hydrogens is 294 g/mol. The zero-order valence-corrected chi connectivity index (χ0v) is 12.1. The third-order valence-corrected chi connectivity index (χ3v) is 3.73. The first-order valence-electron chi connectivity index (χ1n) is 6.34. The van der Waals surface area contributed by atoms with Crippen LogP contribution in [0.25, 0.3) is 0 Å². The molecule has 1 aromatic carbocycles. The van der Waals surface area contributed by atoms with Gasteiger partial charge in [0.05, 0.1) is 6.04 Å². The molecule has 0 radical (unpaired) electrons. The van der Waals surface area contributed by atoms with Crippen LogP contribution in [0.5, 0.6) is 0 Å². The normalized spacial score (nSPS) is 21.3. The number of benzene rings is 1. The van der Waals surface area contributed by atoms with Crippen molar-refractivity contribution in [3.05, 3.63) is 34.3 Å². The summed E-state index contributed by atoms with van der Waals surface area (Å²) in [6.45, 7) is 2.69. The number of carbonyl (C=O) groups is 1. The summed E-state index contributed by atoms with van der Waals surface area (Å²) >= 11 is 3.40. The number of ether oxygens (including phenoxy) is 1. The van der Waals surface area contributed by atoms with Crippen LogP contribution in [-0.2, 0) is 9.53 Å². The number of amides is 1. The lowest BCUT2D eigenvalue weighted by Crippen LogP contribution is -2.39. The van der Waals surface area contributed by atoms with Crippen molar-refractivity contribution in [3.8, 4) is 0 Å². The van der Waals surface area contributed by atoms with Gasteiger partial charge >= 0.3 is 0 Å². The van der Waals surface area contributed by atoms with Crippen LogP contribution in [0.15, 0.2) is 28.7 Å². The van der Waals surface area contributed by atoms with Crippen LogP contribution in [-0.4, -0.2) is 18.6 Å². The molecule has 1 aromatic rings. The summed E-state index contributed by atoms with van der Waals surface area (Å²) in [5, 5.41) is 3.01. The summed E-state index contributed by atoms with van der Waals surface area (Å²) < 4.78 is 6.52. The van der Waals surface area contributed by atoms with E-state index in [-0.39, 0.29) is 18.1 Å². The second kappa shape index (κ2) is 6.34. The fourth-order valence-electron chi connectivity index (χ4n) is 2.09.